The van der Waals surface area contributed by atoms with Crippen molar-refractivity contribution >= 4 is 87.4 Å². The van der Waals surface area contributed by atoms with E-state index in [-0.39, 0.29) is 0 Å². The maximum atomic E-state index is 4.82. The average molecular weight is 1800 g/mol. The van der Waals surface area contributed by atoms with E-state index in [1.54, 1.807) is 0 Å². The summed E-state index contributed by atoms with van der Waals surface area (Å²) in [5.41, 5.74) is 37.6. The van der Waals surface area contributed by atoms with Gasteiger partial charge >= 0.3 is 0 Å². The predicted octanol–water partition coefficient (Wildman–Crippen LogP) is 32.9. The van der Waals surface area contributed by atoms with Crippen LogP contribution in [0.5, 0.6) is 0 Å². The summed E-state index contributed by atoms with van der Waals surface area (Å²) in [5, 5.41) is 8.12. The van der Waals surface area contributed by atoms with E-state index >= 15 is 0 Å². The first kappa shape index (κ1) is 89.7. The van der Waals surface area contributed by atoms with Crippen LogP contribution >= 0.6 is 0 Å². The minimum atomic E-state index is 0.791. The van der Waals surface area contributed by atoms with Crippen LogP contribution in [0, 0.1) is 41.5 Å². The molecular formula is C129H97N11. The molecule has 0 spiro atoms. The van der Waals surface area contributed by atoms with Crippen molar-refractivity contribution in [1.29, 1.82) is 0 Å². The Bertz CT molecular complexity index is 8700. The maximum Gasteiger partial charge on any atom is 0.126 e. The molecule has 0 aliphatic carbocycles. The number of nitrogens with zero attached hydrogens (tertiary/aromatic N) is 11. The zero-order valence-corrected chi connectivity index (χ0v) is 78.5. The molecule has 0 fully saturated rings. The monoisotopic (exact) mass is 1800 g/mol. The van der Waals surface area contributed by atoms with Gasteiger partial charge in [-0.15, -0.1) is 0 Å². The van der Waals surface area contributed by atoms with Crippen molar-refractivity contribution in [2.24, 2.45) is 0 Å². The van der Waals surface area contributed by atoms with Gasteiger partial charge in [0.1, 0.15) is 11.6 Å². The summed E-state index contributed by atoms with van der Waals surface area (Å²) in [5.74, 6) is 1.58. The lowest BCUT2D eigenvalue weighted by Gasteiger charge is -2.11. The number of pyridine rings is 1. The highest BCUT2D eigenvalue weighted by Gasteiger charge is 2.18. The second-order valence-electron chi connectivity index (χ2n) is 34.5. The lowest BCUT2D eigenvalue weighted by Crippen LogP contribution is -1.95. The summed E-state index contributed by atoms with van der Waals surface area (Å²) in [6.07, 6.45) is 0. The van der Waals surface area contributed by atoms with E-state index in [1.807, 2.05) is 169 Å². The number of hydrogen-bond donors (Lipinski definition) is 0. The number of aromatic nitrogens is 11. The zero-order valence-electron chi connectivity index (χ0n) is 78.5. The first-order chi connectivity index (χ1) is 68.9. The molecule has 0 atom stereocenters. The fourth-order valence-corrected chi connectivity index (χ4v) is 17.9. The van der Waals surface area contributed by atoms with Gasteiger partial charge in [-0.2, -0.15) is 0 Å². The van der Waals surface area contributed by atoms with Crippen LogP contribution in [0.2, 0.25) is 0 Å². The molecule has 0 radical (unpaired) electrons. The Kier molecular flexibility index (Phi) is 26.7. The van der Waals surface area contributed by atoms with E-state index in [2.05, 4.69) is 372 Å². The van der Waals surface area contributed by atoms with Gasteiger partial charge in [-0.1, -0.05) is 406 Å². The third-order valence-electron chi connectivity index (χ3n) is 24.9. The molecule has 0 aliphatic rings. The summed E-state index contributed by atoms with van der Waals surface area (Å²) in [4.78, 5) is 51.9. The number of aryl methyl sites for hydroxylation is 6. The second kappa shape index (κ2) is 41.7. The SMILES string of the molecule is Cc1cc(-c2ccc(-c3ccccc3)cc2)c2ccccc2n1.Cc1nc(-c2ccc(-c3ccccc3)cc2)c2ccc3ccccc3c2n1.Cc1nc(-c2cccc(-c3ccccc3)c2)c2ccc3ccccc3c2n1.Cc1nc2ccccc2nc1-c1ccc(-c2ccccc2)cc1.Cc1nc2ccccc2nc1-c1cccc(-c2ccccc2)c1.Cc1nc2ccccc2nc1-c1ccccc1. The highest BCUT2D eigenvalue weighted by molar-refractivity contribution is 6.11. The molecule has 0 amide bonds. The largest absolute Gasteiger partial charge is 0.253 e. The molecule has 6 heterocycles. The van der Waals surface area contributed by atoms with Crippen LogP contribution in [-0.2, 0) is 0 Å². The maximum absolute atomic E-state index is 4.82. The highest BCUT2D eigenvalue weighted by atomic mass is 14.9. The van der Waals surface area contributed by atoms with Crippen LogP contribution in [-0.4, -0.2) is 54.8 Å². The Morgan fingerprint density at radius 2 is 0.386 bits per heavy atom. The van der Waals surface area contributed by atoms with Crippen LogP contribution in [0.4, 0.5) is 0 Å². The Labute approximate surface area is 814 Å². The van der Waals surface area contributed by atoms with Crippen molar-refractivity contribution in [3.63, 3.8) is 0 Å². The Hall–Kier alpha value is -18.2. The van der Waals surface area contributed by atoms with E-state index in [4.69, 9.17) is 34.9 Å². The third kappa shape index (κ3) is 20.4. The first-order valence-corrected chi connectivity index (χ1v) is 47.1. The smallest absolute Gasteiger partial charge is 0.126 e. The van der Waals surface area contributed by atoms with Gasteiger partial charge in [-0.3, -0.25) is 4.98 Å². The van der Waals surface area contributed by atoms with Crippen molar-refractivity contribution in [2.45, 2.75) is 41.5 Å². The van der Waals surface area contributed by atoms with Gasteiger partial charge in [0.15, 0.2) is 0 Å². The van der Waals surface area contributed by atoms with Crippen molar-refractivity contribution in [3.05, 3.63) is 514 Å². The predicted molar refractivity (Wildman–Crippen MR) is 583 cm³/mol. The molecule has 0 saturated carbocycles. The van der Waals surface area contributed by atoms with E-state index in [0.29, 0.717) is 0 Å². The van der Waals surface area contributed by atoms with Crippen LogP contribution < -0.4 is 0 Å². The third-order valence-corrected chi connectivity index (χ3v) is 24.9. The summed E-state index contributed by atoms with van der Waals surface area (Å²) in [6.45, 7) is 12.0. The van der Waals surface area contributed by atoms with E-state index in [1.165, 1.54) is 93.7 Å². The summed E-state index contributed by atoms with van der Waals surface area (Å²) >= 11 is 0. The van der Waals surface area contributed by atoms with Gasteiger partial charge in [0.2, 0.25) is 0 Å². The van der Waals surface area contributed by atoms with E-state index in [9.17, 15) is 0 Å². The van der Waals surface area contributed by atoms with Gasteiger partial charge in [0.25, 0.3) is 0 Å². The molecule has 0 aliphatic heterocycles. The average Bonchev–Trinajstić information content (AvgIpc) is 0.758. The fraction of sp³-hybridized carbons (Fsp3) is 0.0465. The minimum absolute atomic E-state index is 0.791. The number of benzene rings is 19. The van der Waals surface area contributed by atoms with Crippen molar-refractivity contribution in [2.75, 3.05) is 0 Å². The lowest BCUT2D eigenvalue weighted by molar-refractivity contribution is 1.10. The van der Waals surface area contributed by atoms with Crippen LogP contribution in [0.15, 0.2) is 479 Å². The number of para-hydroxylation sites is 7. The molecule has 140 heavy (non-hydrogen) atoms. The van der Waals surface area contributed by atoms with E-state index < -0.39 is 0 Å². The Morgan fingerprint density at radius 3 is 0.764 bits per heavy atom. The normalized spacial score (nSPS) is 10.9. The number of fused-ring (bicyclic) bond motifs is 10. The molecule has 0 bridgehead atoms. The molecule has 25 rings (SSSR count). The molecule has 668 valence electrons. The van der Waals surface area contributed by atoms with Crippen molar-refractivity contribution < 1.29 is 0 Å². The van der Waals surface area contributed by atoms with Crippen molar-refractivity contribution in [3.8, 4) is 123 Å². The summed E-state index contributed by atoms with van der Waals surface area (Å²) < 4.78 is 0. The molecule has 0 saturated heterocycles. The standard InChI is InChI=1S/2C25H18N2.C22H17N.2C21H16N2.C15H12N2/c1-17-26-24(21-12-7-11-20(16-21)18-8-3-2-4-9-18)23-15-14-19-10-5-6-13-22(19)25(23)27-17;1-17-26-24(21-13-11-19(12-14-21)18-7-3-2-4-8-18)23-16-15-20-9-5-6-10-22(20)25(23)27-17;1-16-15-21(20-9-5-6-10-22(20)23-16)19-13-11-18(12-14-19)17-7-3-2-4-8-17;1-15-21(23-20-13-6-5-12-19(20)22-15)18-11-7-10-17(14-18)16-8-3-2-4-9-16;1-15-21(23-20-10-6-5-9-19(20)22-15)18-13-11-17(12-14-18)16-7-3-2-4-8-16;1-11-15(12-7-3-2-4-8-12)17-14-10-6-5-9-13(14)16-11/h2*2-16H,1H3;2-15H,1H3;2*2-14H,1H3;2-10H,1H3. The molecule has 0 unspecified atom stereocenters. The Morgan fingerprint density at radius 1 is 0.136 bits per heavy atom. The van der Waals surface area contributed by atoms with Gasteiger partial charge in [0, 0.05) is 60.4 Å². The number of rotatable bonds is 11. The van der Waals surface area contributed by atoms with Gasteiger partial charge < -0.3 is 0 Å². The lowest BCUT2D eigenvalue weighted by atomic mass is 9.97. The van der Waals surface area contributed by atoms with Gasteiger partial charge in [-0.25, -0.2) is 49.8 Å². The molecule has 11 nitrogen and oxygen atoms in total. The molecule has 19 aromatic carbocycles. The second-order valence-corrected chi connectivity index (χ2v) is 34.5. The summed E-state index contributed by atoms with van der Waals surface area (Å²) in [6, 6.07) is 165. The van der Waals surface area contributed by atoms with Crippen LogP contribution in [0.3, 0.4) is 0 Å². The van der Waals surface area contributed by atoms with Gasteiger partial charge in [-0.05, 0) is 192 Å². The molecular weight excluding hydrogens is 1700 g/mol. The molecule has 25 aromatic rings. The van der Waals surface area contributed by atoms with Crippen LogP contribution in [0.1, 0.15) is 34.4 Å². The summed E-state index contributed by atoms with van der Waals surface area (Å²) in [7, 11) is 0. The number of hydrogen-bond acceptors (Lipinski definition) is 11. The minimum Gasteiger partial charge on any atom is -0.253 e. The molecule has 0 N–H and O–H groups in total. The molecule has 6 aromatic heterocycles. The van der Waals surface area contributed by atoms with E-state index in [0.717, 1.165) is 151 Å². The zero-order chi connectivity index (χ0) is 95.0. The fourth-order valence-electron chi connectivity index (χ4n) is 17.9. The Balaban J connectivity index is 0.000000104. The van der Waals surface area contributed by atoms with Crippen LogP contribution in [0.25, 0.3) is 210 Å². The quantitative estimate of drug-likeness (QED) is 0.114. The highest BCUT2D eigenvalue weighted by Crippen LogP contribution is 2.39. The van der Waals surface area contributed by atoms with Crippen molar-refractivity contribution in [1.82, 2.24) is 54.8 Å². The van der Waals surface area contributed by atoms with Gasteiger partial charge in [0.05, 0.1) is 95.2 Å². The topological polar surface area (TPSA) is 142 Å². The first-order valence-electron chi connectivity index (χ1n) is 47.1. The molecule has 11 heteroatoms.